The average molecular weight is 325 g/mol. The van der Waals surface area contributed by atoms with Crippen molar-refractivity contribution < 1.29 is 22.7 Å². The molecule has 2 rings (SSSR count). The van der Waals surface area contributed by atoms with Crippen molar-refractivity contribution >= 4 is 21.8 Å². The molecular weight excluding hydrogens is 317 g/mol. The van der Waals surface area contributed by atoms with Gasteiger partial charge in [-0.3, -0.25) is 4.79 Å². The van der Waals surface area contributed by atoms with E-state index in [2.05, 4.69) is 26.2 Å². The number of ether oxygens (including phenoxy) is 1. The van der Waals surface area contributed by atoms with Gasteiger partial charge in [0, 0.05) is 0 Å². The van der Waals surface area contributed by atoms with Gasteiger partial charge in [0.15, 0.2) is 5.54 Å². The van der Waals surface area contributed by atoms with E-state index < -0.39 is 36.0 Å². The van der Waals surface area contributed by atoms with Gasteiger partial charge in [0.25, 0.3) is 6.43 Å². The number of carbonyl (C=O) groups is 1. The van der Waals surface area contributed by atoms with E-state index in [1.165, 1.54) is 6.07 Å². The molecule has 1 saturated heterocycles. The van der Waals surface area contributed by atoms with Gasteiger partial charge >= 0.3 is 0 Å². The summed E-state index contributed by atoms with van der Waals surface area (Å²) in [5.74, 6) is -1.66. The molecule has 18 heavy (non-hydrogen) atoms. The molecule has 0 radical (unpaired) electrons. The van der Waals surface area contributed by atoms with Crippen LogP contribution in [0.3, 0.4) is 0 Å². The summed E-state index contributed by atoms with van der Waals surface area (Å²) < 4.78 is 45.1. The van der Waals surface area contributed by atoms with Crippen molar-refractivity contribution in [3.63, 3.8) is 0 Å². The molecule has 1 amide bonds. The van der Waals surface area contributed by atoms with E-state index in [1.807, 2.05) is 0 Å². The van der Waals surface area contributed by atoms with Crippen LogP contribution in [-0.2, 0) is 15.1 Å². The second-order valence-electron chi connectivity index (χ2n) is 3.78. The number of carbonyl (C=O) groups excluding carboxylic acids is 1. The summed E-state index contributed by atoms with van der Waals surface area (Å²) in [6.45, 7) is -0.860. The molecule has 1 aromatic heterocycles. The topological polar surface area (TPSA) is 51.2 Å². The maximum atomic E-state index is 13.7. The van der Waals surface area contributed by atoms with Crippen molar-refractivity contribution in [2.24, 2.45) is 0 Å². The Morgan fingerprint density at radius 3 is 2.83 bits per heavy atom. The van der Waals surface area contributed by atoms with Crippen molar-refractivity contribution in [1.82, 2.24) is 10.3 Å². The maximum absolute atomic E-state index is 13.7. The fourth-order valence-electron chi connectivity index (χ4n) is 1.71. The van der Waals surface area contributed by atoms with Crippen molar-refractivity contribution in [2.45, 2.75) is 12.0 Å². The minimum Gasteiger partial charge on any atom is -0.369 e. The number of hydrogen-bond acceptors (Lipinski definition) is 3. The smallest absolute Gasteiger partial charge is 0.269 e. The monoisotopic (exact) mass is 324 g/mol. The van der Waals surface area contributed by atoms with Crippen molar-refractivity contribution in [3.05, 3.63) is 28.2 Å². The Morgan fingerprint density at radius 1 is 1.50 bits per heavy atom. The summed E-state index contributed by atoms with van der Waals surface area (Å²) in [5.41, 5.74) is -2.79. The van der Waals surface area contributed by atoms with E-state index in [0.717, 1.165) is 6.07 Å². The summed E-state index contributed by atoms with van der Waals surface area (Å²) in [5, 5.41) is 2.08. The second-order valence-corrected chi connectivity index (χ2v) is 4.59. The molecule has 1 fully saturated rings. The van der Waals surface area contributed by atoms with Gasteiger partial charge in [-0.25, -0.2) is 18.2 Å². The first kappa shape index (κ1) is 13.3. The van der Waals surface area contributed by atoms with Crippen LogP contribution in [0.25, 0.3) is 0 Å². The molecule has 0 spiro atoms. The lowest BCUT2D eigenvalue weighted by Gasteiger charge is -2.36. The molecule has 0 bridgehead atoms. The lowest BCUT2D eigenvalue weighted by atomic mass is 9.94. The van der Waals surface area contributed by atoms with Crippen LogP contribution >= 0.6 is 15.9 Å². The largest absolute Gasteiger partial charge is 0.369 e. The predicted octanol–water partition coefficient (Wildman–Crippen LogP) is 1.59. The number of alkyl halides is 2. The Kier molecular flexibility index (Phi) is 3.58. The Bertz CT molecular complexity index is 486. The third kappa shape index (κ3) is 2.22. The van der Waals surface area contributed by atoms with Crippen LogP contribution in [0.5, 0.6) is 0 Å². The van der Waals surface area contributed by atoms with Crippen LogP contribution in [0.2, 0.25) is 0 Å². The van der Waals surface area contributed by atoms with Gasteiger partial charge in [-0.15, -0.1) is 0 Å². The van der Waals surface area contributed by atoms with Gasteiger partial charge in [-0.1, -0.05) is 0 Å². The zero-order valence-corrected chi connectivity index (χ0v) is 10.5. The fourth-order valence-corrected chi connectivity index (χ4v) is 2.01. The highest BCUT2D eigenvalue weighted by atomic mass is 79.9. The normalized spacial score (nSPS) is 24.2. The Balaban J connectivity index is 2.53. The molecule has 1 atom stereocenters. The molecule has 8 heteroatoms. The number of amides is 1. The summed E-state index contributed by atoms with van der Waals surface area (Å²) in [6, 6.07) is 2.28. The van der Waals surface area contributed by atoms with E-state index in [9.17, 15) is 18.0 Å². The highest BCUT2D eigenvalue weighted by molar-refractivity contribution is 9.10. The van der Waals surface area contributed by atoms with Gasteiger partial charge < -0.3 is 10.1 Å². The number of halogens is 4. The zero-order chi connectivity index (χ0) is 13.3. The van der Waals surface area contributed by atoms with Crippen LogP contribution in [0.15, 0.2) is 16.7 Å². The summed E-state index contributed by atoms with van der Waals surface area (Å²) >= 11 is 2.98. The average Bonchev–Trinajstić information content (AvgIpc) is 2.32. The summed E-state index contributed by atoms with van der Waals surface area (Å²) in [6.07, 6.45) is -3.04. The molecule has 1 aromatic rings. The molecule has 0 aromatic carbocycles. The van der Waals surface area contributed by atoms with Gasteiger partial charge in [-0.05, 0) is 28.1 Å². The first-order valence-corrected chi connectivity index (χ1v) is 5.74. The zero-order valence-electron chi connectivity index (χ0n) is 8.92. The highest BCUT2D eigenvalue weighted by Gasteiger charge is 2.49. The van der Waals surface area contributed by atoms with Crippen LogP contribution < -0.4 is 5.32 Å². The van der Waals surface area contributed by atoms with Gasteiger partial charge in [0.1, 0.15) is 22.7 Å². The van der Waals surface area contributed by atoms with Gasteiger partial charge in [-0.2, -0.15) is 0 Å². The number of morpholine rings is 1. The molecular formula is C10H8BrF3N2O2. The van der Waals surface area contributed by atoms with Gasteiger partial charge in [0.05, 0.1) is 6.61 Å². The van der Waals surface area contributed by atoms with Gasteiger partial charge in [0.2, 0.25) is 5.91 Å². The van der Waals surface area contributed by atoms with E-state index in [-0.39, 0.29) is 11.2 Å². The Morgan fingerprint density at radius 2 is 2.22 bits per heavy atom. The summed E-state index contributed by atoms with van der Waals surface area (Å²) in [4.78, 5) is 14.9. The number of pyridine rings is 1. The number of nitrogens with zero attached hydrogens (tertiary/aromatic N) is 1. The molecule has 98 valence electrons. The molecule has 0 saturated carbocycles. The van der Waals surface area contributed by atoms with E-state index in [1.54, 1.807) is 0 Å². The molecule has 1 unspecified atom stereocenters. The highest BCUT2D eigenvalue weighted by Crippen LogP contribution is 2.32. The van der Waals surface area contributed by atoms with Crippen molar-refractivity contribution in [1.29, 1.82) is 0 Å². The number of nitrogens with one attached hydrogen (secondary N) is 1. The minimum atomic E-state index is -3.04. The third-order valence-corrected chi connectivity index (χ3v) is 2.97. The van der Waals surface area contributed by atoms with Crippen molar-refractivity contribution in [3.8, 4) is 0 Å². The van der Waals surface area contributed by atoms with Crippen LogP contribution in [0.1, 0.15) is 5.69 Å². The molecule has 1 aliphatic rings. The predicted molar refractivity (Wildman–Crippen MR) is 58.5 cm³/mol. The number of aromatic nitrogens is 1. The third-order valence-electron chi connectivity index (χ3n) is 2.53. The maximum Gasteiger partial charge on any atom is 0.269 e. The lowest BCUT2D eigenvalue weighted by Crippen LogP contribution is -2.59. The molecule has 4 nitrogen and oxygen atoms in total. The molecule has 0 aliphatic carbocycles. The van der Waals surface area contributed by atoms with Crippen LogP contribution in [0.4, 0.5) is 13.2 Å². The molecule has 1 aliphatic heterocycles. The van der Waals surface area contributed by atoms with E-state index in [0.29, 0.717) is 0 Å². The van der Waals surface area contributed by atoms with Crippen molar-refractivity contribution in [2.75, 3.05) is 13.2 Å². The Hall–Kier alpha value is -1.15. The first-order chi connectivity index (χ1) is 8.45. The standard InChI is InChI=1S/C10H8BrF3N2O2/c11-6-2-1-5(12)8(15-6)10(9(13)14)4-18-3-7(17)16-10/h1-2,9H,3-4H2,(H,16,17). The van der Waals surface area contributed by atoms with E-state index >= 15 is 0 Å². The van der Waals surface area contributed by atoms with E-state index in [4.69, 9.17) is 4.74 Å². The second kappa shape index (κ2) is 4.85. The lowest BCUT2D eigenvalue weighted by molar-refractivity contribution is -0.144. The number of rotatable bonds is 2. The SMILES string of the molecule is O=C1COCC(c2nc(Br)ccc2F)(C(F)F)N1. The quantitative estimate of drug-likeness (QED) is 0.840. The molecule has 1 N–H and O–H groups in total. The minimum absolute atomic E-state index is 0.193. The Labute approximate surface area is 109 Å². The summed E-state index contributed by atoms with van der Waals surface area (Å²) in [7, 11) is 0. The molecule has 2 heterocycles. The first-order valence-electron chi connectivity index (χ1n) is 4.95. The fraction of sp³-hybridized carbons (Fsp3) is 0.400. The number of hydrogen-bond donors (Lipinski definition) is 1. The van der Waals surface area contributed by atoms with Crippen LogP contribution in [-0.4, -0.2) is 30.5 Å². The van der Waals surface area contributed by atoms with Crippen LogP contribution in [0, 0.1) is 5.82 Å².